The molecule has 0 bridgehead atoms. The predicted octanol–water partition coefficient (Wildman–Crippen LogP) is 3.79. The standard InChI is InChI=1S/C14H12ClN3S/c15-8-12-10-19-13(17-12)9-18-7-6-16-14(18)11-4-2-1-3-5-11/h1-7,10H,8-9H2. The van der Waals surface area contributed by atoms with E-state index in [1.165, 1.54) is 0 Å². The van der Waals surface area contributed by atoms with Crippen LogP contribution >= 0.6 is 22.9 Å². The van der Waals surface area contributed by atoms with Crippen molar-refractivity contribution in [2.24, 2.45) is 0 Å². The van der Waals surface area contributed by atoms with Crippen LogP contribution in [0.25, 0.3) is 11.4 Å². The second kappa shape index (κ2) is 5.55. The van der Waals surface area contributed by atoms with Crippen LogP contribution in [-0.2, 0) is 12.4 Å². The minimum absolute atomic E-state index is 0.464. The lowest BCUT2D eigenvalue weighted by Gasteiger charge is -2.05. The Bertz CT molecular complexity index is 660. The van der Waals surface area contributed by atoms with Gasteiger partial charge in [-0.25, -0.2) is 9.97 Å². The van der Waals surface area contributed by atoms with Crippen molar-refractivity contribution in [3.8, 4) is 11.4 Å². The highest BCUT2D eigenvalue weighted by Crippen LogP contribution is 2.19. The molecule has 0 N–H and O–H groups in total. The molecule has 2 heterocycles. The lowest BCUT2D eigenvalue weighted by molar-refractivity contribution is 0.796. The van der Waals surface area contributed by atoms with E-state index in [-0.39, 0.29) is 0 Å². The number of alkyl halides is 1. The van der Waals surface area contributed by atoms with Crippen LogP contribution in [0.5, 0.6) is 0 Å². The summed E-state index contributed by atoms with van der Waals surface area (Å²) in [5.41, 5.74) is 2.05. The molecule has 2 aromatic heterocycles. The third-order valence-electron chi connectivity index (χ3n) is 2.79. The summed E-state index contributed by atoms with van der Waals surface area (Å²) >= 11 is 7.41. The normalized spacial score (nSPS) is 10.8. The first-order valence-corrected chi connectivity index (χ1v) is 7.34. The van der Waals surface area contributed by atoms with Crippen molar-refractivity contribution >= 4 is 22.9 Å². The van der Waals surface area contributed by atoms with Crippen LogP contribution in [0.15, 0.2) is 48.1 Å². The van der Waals surface area contributed by atoms with E-state index in [1.54, 1.807) is 11.3 Å². The number of benzene rings is 1. The Hall–Kier alpha value is -1.65. The Morgan fingerprint density at radius 1 is 1.21 bits per heavy atom. The maximum atomic E-state index is 5.77. The van der Waals surface area contributed by atoms with Crippen molar-refractivity contribution in [3.63, 3.8) is 0 Å². The van der Waals surface area contributed by atoms with Gasteiger partial charge in [-0.1, -0.05) is 30.3 Å². The first-order chi connectivity index (χ1) is 9.36. The summed E-state index contributed by atoms with van der Waals surface area (Å²) in [5.74, 6) is 1.43. The average molecular weight is 290 g/mol. The molecule has 0 saturated heterocycles. The number of nitrogens with zero attached hydrogens (tertiary/aromatic N) is 3. The van der Waals surface area contributed by atoms with E-state index in [2.05, 4.69) is 26.7 Å². The zero-order valence-electron chi connectivity index (χ0n) is 10.2. The minimum Gasteiger partial charge on any atom is -0.324 e. The third kappa shape index (κ3) is 2.69. The monoisotopic (exact) mass is 289 g/mol. The van der Waals surface area contributed by atoms with Crippen LogP contribution in [0.1, 0.15) is 10.7 Å². The molecule has 0 aliphatic rings. The molecule has 0 atom stereocenters. The van der Waals surface area contributed by atoms with Crippen molar-refractivity contribution in [1.29, 1.82) is 0 Å². The summed E-state index contributed by atoms with van der Waals surface area (Å²) in [6.45, 7) is 0.728. The van der Waals surface area contributed by atoms with Crippen molar-refractivity contribution in [2.75, 3.05) is 0 Å². The third-order valence-corrected chi connectivity index (χ3v) is 3.95. The second-order valence-corrected chi connectivity index (χ2v) is 5.32. The lowest BCUT2D eigenvalue weighted by atomic mass is 10.2. The quantitative estimate of drug-likeness (QED) is 0.684. The molecule has 19 heavy (non-hydrogen) atoms. The number of hydrogen-bond acceptors (Lipinski definition) is 3. The van der Waals surface area contributed by atoms with Gasteiger partial charge in [-0.3, -0.25) is 0 Å². The Labute approximate surface area is 120 Å². The van der Waals surface area contributed by atoms with Crippen LogP contribution < -0.4 is 0 Å². The molecule has 3 nitrogen and oxygen atoms in total. The van der Waals surface area contributed by atoms with E-state index in [0.717, 1.165) is 28.6 Å². The maximum absolute atomic E-state index is 5.77. The molecule has 0 aliphatic carbocycles. The highest BCUT2D eigenvalue weighted by Gasteiger charge is 2.08. The van der Waals surface area contributed by atoms with Gasteiger partial charge in [0.15, 0.2) is 0 Å². The van der Waals surface area contributed by atoms with Gasteiger partial charge in [0.2, 0.25) is 0 Å². The van der Waals surface area contributed by atoms with E-state index < -0.39 is 0 Å². The fourth-order valence-electron chi connectivity index (χ4n) is 1.91. The molecule has 0 fully saturated rings. The molecule has 5 heteroatoms. The highest BCUT2D eigenvalue weighted by molar-refractivity contribution is 7.09. The molecule has 3 aromatic rings. The molecule has 0 saturated carbocycles. The van der Waals surface area contributed by atoms with Gasteiger partial charge in [-0.15, -0.1) is 22.9 Å². The Morgan fingerprint density at radius 2 is 2.05 bits per heavy atom. The van der Waals surface area contributed by atoms with Gasteiger partial charge in [-0.2, -0.15) is 0 Å². The topological polar surface area (TPSA) is 30.7 Å². The summed E-state index contributed by atoms with van der Waals surface area (Å²) in [6, 6.07) is 10.2. The molecule has 0 aliphatic heterocycles. The number of thiazole rings is 1. The van der Waals surface area contributed by atoms with E-state index in [0.29, 0.717) is 5.88 Å². The highest BCUT2D eigenvalue weighted by atomic mass is 35.5. The summed E-state index contributed by atoms with van der Waals surface area (Å²) in [5, 5.41) is 3.05. The van der Waals surface area contributed by atoms with Crippen molar-refractivity contribution in [1.82, 2.24) is 14.5 Å². The van der Waals surface area contributed by atoms with Gasteiger partial charge < -0.3 is 4.57 Å². The second-order valence-electron chi connectivity index (χ2n) is 4.11. The Kier molecular flexibility index (Phi) is 3.62. The van der Waals surface area contributed by atoms with Gasteiger partial charge in [0.1, 0.15) is 10.8 Å². The first-order valence-electron chi connectivity index (χ1n) is 5.92. The molecule has 0 amide bonds. The average Bonchev–Trinajstić information content (AvgIpc) is 3.09. The molecule has 0 unspecified atom stereocenters. The van der Waals surface area contributed by atoms with Crippen molar-refractivity contribution in [2.45, 2.75) is 12.4 Å². The van der Waals surface area contributed by atoms with Gasteiger partial charge in [-0.05, 0) is 0 Å². The largest absolute Gasteiger partial charge is 0.324 e. The van der Waals surface area contributed by atoms with E-state index in [9.17, 15) is 0 Å². The van der Waals surface area contributed by atoms with Gasteiger partial charge in [0.05, 0.1) is 18.1 Å². The fraction of sp³-hybridized carbons (Fsp3) is 0.143. The van der Waals surface area contributed by atoms with Crippen LogP contribution in [-0.4, -0.2) is 14.5 Å². The van der Waals surface area contributed by atoms with Crippen LogP contribution in [0.2, 0.25) is 0 Å². The summed E-state index contributed by atoms with van der Waals surface area (Å²) in [4.78, 5) is 8.90. The molecule has 0 spiro atoms. The molecule has 3 rings (SSSR count). The zero-order valence-corrected chi connectivity index (χ0v) is 11.7. The first kappa shape index (κ1) is 12.4. The summed E-state index contributed by atoms with van der Waals surface area (Å²) < 4.78 is 2.10. The van der Waals surface area contributed by atoms with Gasteiger partial charge in [0.25, 0.3) is 0 Å². The van der Waals surface area contributed by atoms with E-state index >= 15 is 0 Å². The number of halogens is 1. The smallest absolute Gasteiger partial charge is 0.140 e. The number of imidazole rings is 1. The fourth-order valence-corrected chi connectivity index (χ4v) is 2.93. The van der Waals surface area contributed by atoms with Crippen molar-refractivity contribution in [3.05, 3.63) is 58.8 Å². The Balaban J connectivity index is 1.88. The van der Waals surface area contributed by atoms with Crippen LogP contribution in [0, 0.1) is 0 Å². The van der Waals surface area contributed by atoms with E-state index in [4.69, 9.17) is 11.6 Å². The maximum Gasteiger partial charge on any atom is 0.140 e. The van der Waals surface area contributed by atoms with E-state index in [1.807, 2.05) is 36.0 Å². The Morgan fingerprint density at radius 3 is 2.79 bits per heavy atom. The van der Waals surface area contributed by atoms with Crippen LogP contribution in [0.4, 0.5) is 0 Å². The number of hydrogen-bond donors (Lipinski definition) is 0. The molecular formula is C14H12ClN3S. The summed E-state index contributed by atoms with van der Waals surface area (Å²) in [6.07, 6.45) is 3.79. The number of rotatable bonds is 4. The molecule has 0 radical (unpaired) electrons. The number of aromatic nitrogens is 3. The minimum atomic E-state index is 0.464. The van der Waals surface area contributed by atoms with Gasteiger partial charge in [0, 0.05) is 23.3 Å². The lowest BCUT2D eigenvalue weighted by Crippen LogP contribution is -2.00. The SMILES string of the molecule is ClCc1csc(Cn2ccnc2-c2ccccc2)n1. The molecule has 96 valence electrons. The molecule has 1 aromatic carbocycles. The molecular weight excluding hydrogens is 278 g/mol. The summed E-state index contributed by atoms with van der Waals surface area (Å²) in [7, 11) is 0. The zero-order chi connectivity index (χ0) is 13.1. The predicted molar refractivity (Wildman–Crippen MR) is 78.4 cm³/mol. The van der Waals surface area contributed by atoms with Gasteiger partial charge >= 0.3 is 0 Å². The van der Waals surface area contributed by atoms with Crippen molar-refractivity contribution < 1.29 is 0 Å². The van der Waals surface area contributed by atoms with Crippen LogP contribution in [0.3, 0.4) is 0 Å².